The summed E-state index contributed by atoms with van der Waals surface area (Å²) in [5.41, 5.74) is 1.62. The van der Waals surface area contributed by atoms with Gasteiger partial charge in [0.05, 0.1) is 11.9 Å². The number of rotatable bonds is 3. The minimum absolute atomic E-state index is 0.0552. The van der Waals surface area contributed by atoms with Gasteiger partial charge in [0, 0.05) is 25.2 Å². The second-order valence-electron chi connectivity index (χ2n) is 8.80. The Hall–Kier alpha value is -4.16. The minimum atomic E-state index is -1.15. The van der Waals surface area contributed by atoms with Crippen LogP contribution in [0.4, 0.5) is 14.9 Å². The molecule has 4 rings (SSSR count). The molecule has 9 heteroatoms. The first-order chi connectivity index (χ1) is 16.6. The van der Waals surface area contributed by atoms with Gasteiger partial charge in [-0.3, -0.25) is 4.79 Å². The molecular formula is C26H25FN4O4. The predicted molar refractivity (Wildman–Crippen MR) is 128 cm³/mol. The molecule has 1 aromatic heterocycles. The van der Waals surface area contributed by atoms with Gasteiger partial charge in [0.1, 0.15) is 29.8 Å². The Balaban J connectivity index is 1.45. The molecular weight excluding hydrogens is 451 g/mol. The van der Waals surface area contributed by atoms with Crippen molar-refractivity contribution in [2.75, 3.05) is 18.6 Å². The number of amides is 2. The summed E-state index contributed by atoms with van der Waals surface area (Å²) in [5.74, 6) is 5.43. The van der Waals surface area contributed by atoms with Crippen LogP contribution in [-0.2, 0) is 11.2 Å². The molecule has 0 fully saturated rings. The highest BCUT2D eigenvalue weighted by molar-refractivity contribution is 6.00. The van der Waals surface area contributed by atoms with E-state index in [2.05, 4.69) is 22.3 Å². The quantitative estimate of drug-likeness (QED) is 0.567. The van der Waals surface area contributed by atoms with E-state index in [1.807, 2.05) is 0 Å². The number of halogens is 1. The molecule has 1 aliphatic heterocycles. The summed E-state index contributed by atoms with van der Waals surface area (Å²) in [7, 11) is 1.59. The van der Waals surface area contributed by atoms with Gasteiger partial charge >= 0.3 is 6.03 Å². The van der Waals surface area contributed by atoms with E-state index >= 15 is 0 Å². The van der Waals surface area contributed by atoms with Crippen LogP contribution in [-0.4, -0.2) is 52.1 Å². The number of ether oxygens (including phenoxy) is 1. The normalized spacial score (nSPS) is 15.4. The Labute approximate surface area is 202 Å². The number of fused-ring (bicyclic) bond motifs is 1. The van der Waals surface area contributed by atoms with Crippen molar-refractivity contribution >= 4 is 17.6 Å². The monoisotopic (exact) mass is 476 g/mol. The molecule has 2 amide bonds. The molecule has 2 aromatic carbocycles. The van der Waals surface area contributed by atoms with E-state index in [0.29, 0.717) is 23.4 Å². The zero-order chi connectivity index (χ0) is 25.2. The molecule has 1 atom stereocenters. The third-order valence-corrected chi connectivity index (χ3v) is 5.33. The number of benzene rings is 2. The molecule has 0 saturated carbocycles. The Bertz CT molecular complexity index is 1320. The highest BCUT2D eigenvalue weighted by Crippen LogP contribution is 2.31. The topological polar surface area (TPSA) is 96.7 Å². The van der Waals surface area contributed by atoms with E-state index in [1.54, 1.807) is 63.6 Å². The Morgan fingerprint density at radius 2 is 2.00 bits per heavy atom. The van der Waals surface area contributed by atoms with E-state index < -0.39 is 17.7 Å². The number of carbonyl (C=O) groups is 2. The highest BCUT2D eigenvalue weighted by atomic mass is 19.1. The van der Waals surface area contributed by atoms with E-state index in [9.17, 15) is 19.1 Å². The van der Waals surface area contributed by atoms with Crippen molar-refractivity contribution in [3.8, 4) is 17.6 Å². The summed E-state index contributed by atoms with van der Waals surface area (Å²) in [6.07, 6.45) is 3.59. The van der Waals surface area contributed by atoms with Crippen molar-refractivity contribution in [2.45, 2.75) is 31.9 Å². The molecule has 35 heavy (non-hydrogen) atoms. The van der Waals surface area contributed by atoms with Crippen LogP contribution in [0.2, 0.25) is 0 Å². The number of aromatic nitrogens is 2. The Morgan fingerprint density at radius 3 is 2.71 bits per heavy atom. The fourth-order valence-electron chi connectivity index (χ4n) is 3.52. The Kier molecular flexibility index (Phi) is 6.58. The molecule has 8 nitrogen and oxygen atoms in total. The average Bonchev–Trinajstić information content (AvgIpc) is 3.25. The zero-order valence-electron chi connectivity index (χ0n) is 19.6. The molecule has 0 spiro atoms. The standard InChI is InChI=1S/C26H25FN4O4/c1-26(2,34)11-10-18-6-9-23-22(13-18)30(3)24(32)21(16-35-23)29-25(33)31-15-19(14-28-31)12-17-4-7-20(27)8-5-17/h4-9,13-15,21,34H,12,16H2,1-3H3,(H,29,33). The molecule has 0 bridgehead atoms. The van der Waals surface area contributed by atoms with Crippen LogP contribution in [0.1, 0.15) is 30.5 Å². The van der Waals surface area contributed by atoms with E-state index in [0.717, 1.165) is 15.8 Å². The Morgan fingerprint density at radius 1 is 1.26 bits per heavy atom. The van der Waals surface area contributed by atoms with Crippen molar-refractivity contribution in [2.24, 2.45) is 0 Å². The van der Waals surface area contributed by atoms with Gasteiger partial charge in [0.15, 0.2) is 0 Å². The van der Waals surface area contributed by atoms with Gasteiger partial charge in [-0.15, -0.1) is 0 Å². The lowest BCUT2D eigenvalue weighted by Crippen LogP contribution is -2.50. The highest BCUT2D eigenvalue weighted by Gasteiger charge is 2.31. The van der Waals surface area contributed by atoms with Gasteiger partial charge in [0.2, 0.25) is 0 Å². The summed E-state index contributed by atoms with van der Waals surface area (Å²) < 4.78 is 20.0. The van der Waals surface area contributed by atoms with Crippen molar-refractivity contribution < 1.29 is 23.8 Å². The molecule has 0 radical (unpaired) electrons. The first kappa shape index (κ1) is 24.0. The summed E-state index contributed by atoms with van der Waals surface area (Å²) in [6, 6.07) is 9.72. The molecule has 180 valence electrons. The maximum Gasteiger partial charge on any atom is 0.342 e. The number of anilines is 1. The lowest BCUT2D eigenvalue weighted by Gasteiger charge is -2.20. The SMILES string of the molecule is CN1C(=O)C(NC(=O)n2cc(Cc3ccc(F)cc3)cn2)COc2ccc(C#CC(C)(C)O)cc21. The molecule has 2 heterocycles. The second kappa shape index (κ2) is 9.60. The van der Waals surface area contributed by atoms with Crippen LogP contribution in [0.15, 0.2) is 54.9 Å². The third-order valence-electron chi connectivity index (χ3n) is 5.33. The molecule has 0 saturated heterocycles. The van der Waals surface area contributed by atoms with Gasteiger partial charge in [-0.05, 0) is 55.3 Å². The van der Waals surface area contributed by atoms with Crippen LogP contribution in [0.3, 0.4) is 0 Å². The lowest BCUT2D eigenvalue weighted by atomic mass is 10.1. The number of aliphatic hydroxyl groups is 1. The second-order valence-corrected chi connectivity index (χ2v) is 8.80. The molecule has 0 aliphatic carbocycles. The minimum Gasteiger partial charge on any atom is -0.489 e. The molecule has 2 N–H and O–H groups in total. The summed E-state index contributed by atoms with van der Waals surface area (Å²) >= 11 is 0. The van der Waals surface area contributed by atoms with Crippen LogP contribution >= 0.6 is 0 Å². The van der Waals surface area contributed by atoms with Crippen molar-refractivity contribution in [1.82, 2.24) is 15.1 Å². The number of nitrogens with one attached hydrogen (secondary N) is 1. The third kappa shape index (κ3) is 5.86. The van der Waals surface area contributed by atoms with Gasteiger partial charge < -0.3 is 20.1 Å². The van der Waals surface area contributed by atoms with Gasteiger partial charge in [0.25, 0.3) is 5.91 Å². The van der Waals surface area contributed by atoms with Gasteiger partial charge in [-0.25, -0.2) is 9.18 Å². The van der Waals surface area contributed by atoms with E-state index in [1.165, 1.54) is 17.0 Å². The first-order valence-electron chi connectivity index (χ1n) is 11.0. The van der Waals surface area contributed by atoms with E-state index in [-0.39, 0.29) is 18.3 Å². The van der Waals surface area contributed by atoms with Gasteiger partial charge in [-0.1, -0.05) is 24.0 Å². The lowest BCUT2D eigenvalue weighted by molar-refractivity contribution is -0.120. The smallest absolute Gasteiger partial charge is 0.342 e. The first-order valence-corrected chi connectivity index (χ1v) is 11.0. The van der Waals surface area contributed by atoms with Crippen LogP contribution in [0.25, 0.3) is 0 Å². The van der Waals surface area contributed by atoms with Crippen molar-refractivity contribution in [3.63, 3.8) is 0 Å². The number of likely N-dealkylation sites (N-methyl/N-ethyl adjacent to an activating group) is 1. The molecule has 1 unspecified atom stereocenters. The summed E-state index contributed by atoms with van der Waals surface area (Å²) in [6.45, 7) is 3.11. The summed E-state index contributed by atoms with van der Waals surface area (Å²) in [5, 5.41) is 16.6. The van der Waals surface area contributed by atoms with Gasteiger partial charge in [-0.2, -0.15) is 9.78 Å². The van der Waals surface area contributed by atoms with Crippen molar-refractivity contribution in [3.05, 3.63) is 77.4 Å². The predicted octanol–water partition coefficient (Wildman–Crippen LogP) is 2.72. The van der Waals surface area contributed by atoms with Crippen LogP contribution in [0, 0.1) is 17.7 Å². The van der Waals surface area contributed by atoms with Crippen molar-refractivity contribution in [1.29, 1.82) is 0 Å². The maximum absolute atomic E-state index is 13.1. The maximum atomic E-state index is 13.1. The summed E-state index contributed by atoms with van der Waals surface area (Å²) in [4.78, 5) is 27.2. The molecule has 1 aliphatic rings. The average molecular weight is 477 g/mol. The zero-order valence-corrected chi connectivity index (χ0v) is 19.6. The number of carbonyl (C=O) groups excluding carboxylic acids is 2. The number of hydrogen-bond acceptors (Lipinski definition) is 5. The fraction of sp³-hybridized carbons (Fsp3) is 0.269. The largest absolute Gasteiger partial charge is 0.489 e. The number of nitrogens with zero attached hydrogens (tertiary/aromatic N) is 3. The van der Waals surface area contributed by atoms with Crippen LogP contribution in [0.5, 0.6) is 5.75 Å². The fourth-order valence-corrected chi connectivity index (χ4v) is 3.52. The van der Waals surface area contributed by atoms with E-state index in [4.69, 9.17) is 4.74 Å². The number of hydrogen-bond donors (Lipinski definition) is 2. The molecule has 3 aromatic rings. The van der Waals surface area contributed by atoms with Crippen LogP contribution < -0.4 is 15.0 Å².